The van der Waals surface area contributed by atoms with E-state index in [0.29, 0.717) is 0 Å². The molecule has 37 heavy (non-hydrogen) atoms. The van der Waals surface area contributed by atoms with Crippen LogP contribution in [0.5, 0.6) is 0 Å². The van der Waals surface area contributed by atoms with Gasteiger partial charge in [-0.3, -0.25) is 0 Å². The van der Waals surface area contributed by atoms with E-state index in [1.165, 1.54) is 44.5 Å². The van der Waals surface area contributed by atoms with Crippen molar-refractivity contribution in [3.8, 4) is 22.3 Å². The molecular formula is C36H28Zr. The van der Waals surface area contributed by atoms with E-state index < -0.39 is 0 Å². The molecule has 176 valence electrons. The molecular weight excluding hydrogens is 524 g/mol. The molecule has 0 radical (unpaired) electrons. The number of fused-ring (bicyclic) bond motifs is 6. The van der Waals surface area contributed by atoms with Crippen LogP contribution in [0.25, 0.3) is 22.3 Å². The van der Waals surface area contributed by atoms with Gasteiger partial charge in [0.1, 0.15) is 0 Å². The predicted octanol–water partition coefficient (Wildman–Crippen LogP) is 8.92. The van der Waals surface area contributed by atoms with E-state index in [2.05, 4.69) is 84.9 Å². The van der Waals surface area contributed by atoms with Gasteiger partial charge in [0.2, 0.25) is 0 Å². The van der Waals surface area contributed by atoms with Crippen molar-refractivity contribution < 1.29 is 26.2 Å². The predicted molar refractivity (Wildman–Crippen MR) is 151 cm³/mol. The third-order valence-corrected chi connectivity index (χ3v) is 6.34. The maximum absolute atomic E-state index is 3.30. The zero-order valence-electron chi connectivity index (χ0n) is 20.8. The Bertz CT molecular complexity index is 1240. The van der Waals surface area contributed by atoms with Gasteiger partial charge < -0.3 is 0 Å². The summed E-state index contributed by atoms with van der Waals surface area (Å²) in [4.78, 5) is 0. The van der Waals surface area contributed by atoms with Gasteiger partial charge in [-0.05, 0) is 12.8 Å². The molecule has 0 fully saturated rings. The molecule has 0 unspecified atom stereocenters. The summed E-state index contributed by atoms with van der Waals surface area (Å²) in [5.74, 6) is 0. The third kappa shape index (κ3) is 6.82. The van der Waals surface area contributed by atoms with Crippen LogP contribution in [0.2, 0.25) is 0 Å². The van der Waals surface area contributed by atoms with Crippen molar-refractivity contribution in [3.63, 3.8) is 0 Å². The van der Waals surface area contributed by atoms with Crippen molar-refractivity contribution >= 4 is 0 Å². The van der Waals surface area contributed by atoms with Gasteiger partial charge in [-0.25, -0.2) is 24.3 Å². The fraction of sp³-hybridized carbons (Fsp3) is 0.0556. The van der Waals surface area contributed by atoms with Crippen molar-refractivity contribution in [1.29, 1.82) is 0 Å². The Morgan fingerprint density at radius 1 is 0.432 bits per heavy atom. The largest absolute Gasteiger partial charge is 4.00 e. The molecule has 8 rings (SSSR count). The van der Waals surface area contributed by atoms with Crippen LogP contribution in [-0.4, -0.2) is 0 Å². The summed E-state index contributed by atoms with van der Waals surface area (Å²) in [5.41, 5.74) is 11.0. The molecule has 0 saturated carbocycles. The number of rotatable bonds is 0. The van der Waals surface area contributed by atoms with Crippen molar-refractivity contribution in [2.75, 3.05) is 0 Å². The van der Waals surface area contributed by atoms with Crippen LogP contribution in [0.1, 0.15) is 22.3 Å². The smallest absolute Gasteiger partial charge is 0.214 e. The molecule has 0 amide bonds. The molecule has 0 saturated heterocycles. The second-order valence-corrected chi connectivity index (χ2v) is 8.72. The quantitative estimate of drug-likeness (QED) is 0.165. The summed E-state index contributed by atoms with van der Waals surface area (Å²) in [6.45, 7) is 0. The zero-order valence-corrected chi connectivity index (χ0v) is 23.2. The van der Waals surface area contributed by atoms with Crippen LogP contribution in [0, 0.1) is 12.1 Å². The van der Waals surface area contributed by atoms with E-state index in [0.717, 1.165) is 12.8 Å². The van der Waals surface area contributed by atoms with Crippen LogP contribution >= 0.6 is 0 Å². The number of hydrogen-bond acceptors (Lipinski definition) is 0. The average Bonchev–Trinajstić information content (AvgIpc) is 3.77. The summed E-state index contributed by atoms with van der Waals surface area (Å²) in [5, 5.41) is 0. The number of hydrogen-bond donors (Lipinski definition) is 0. The molecule has 0 heterocycles. The van der Waals surface area contributed by atoms with Gasteiger partial charge >= 0.3 is 26.2 Å². The molecule has 0 atom stereocenters. The van der Waals surface area contributed by atoms with Crippen LogP contribution in [0.4, 0.5) is 0 Å². The van der Waals surface area contributed by atoms with Crippen LogP contribution < -0.4 is 0 Å². The summed E-state index contributed by atoms with van der Waals surface area (Å²) < 4.78 is 0. The van der Waals surface area contributed by atoms with E-state index in [9.17, 15) is 0 Å². The van der Waals surface area contributed by atoms with Crippen LogP contribution in [0.15, 0.2) is 146 Å². The fourth-order valence-electron chi connectivity index (χ4n) is 4.64. The van der Waals surface area contributed by atoms with E-state index >= 15 is 0 Å². The molecule has 1 heteroatoms. The van der Waals surface area contributed by atoms with Crippen LogP contribution in [0.3, 0.4) is 0 Å². The summed E-state index contributed by atoms with van der Waals surface area (Å²) in [6.07, 6.45) is 2.10. The molecule has 0 nitrogen and oxygen atoms in total. The molecule has 0 aliphatic heterocycles. The Kier molecular flexibility index (Phi) is 9.81. The molecule has 2 aliphatic rings. The Hall–Kier alpha value is -3.54. The minimum absolute atomic E-state index is 0. The SMILES string of the molecule is [Zr+4].[c-]1cccc2c1Cc1ccccc1-2.[c-]1cccc2c1Cc1ccccc1-2.c1cc[cH-]c1.c1cc[cH-]c1. The van der Waals surface area contributed by atoms with E-state index in [1.54, 1.807) is 0 Å². The molecule has 6 aromatic rings. The topological polar surface area (TPSA) is 0 Å². The third-order valence-electron chi connectivity index (χ3n) is 6.34. The van der Waals surface area contributed by atoms with Gasteiger partial charge in [-0.1, -0.05) is 70.8 Å². The maximum atomic E-state index is 3.30. The first-order valence-corrected chi connectivity index (χ1v) is 12.4. The zero-order chi connectivity index (χ0) is 24.4. The second kappa shape index (κ2) is 13.7. The Morgan fingerprint density at radius 3 is 1.19 bits per heavy atom. The first-order valence-electron chi connectivity index (χ1n) is 12.4. The van der Waals surface area contributed by atoms with E-state index in [-0.39, 0.29) is 26.2 Å². The summed E-state index contributed by atoms with van der Waals surface area (Å²) >= 11 is 0. The molecule has 0 bridgehead atoms. The molecule has 0 spiro atoms. The normalized spacial score (nSPS) is 10.8. The van der Waals surface area contributed by atoms with Crippen molar-refractivity contribution in [1.82, 2.24) is 0 Å². The van der Waals surface area contributed by atoms with Gasteiger partial charge in [-0.2, -0.15) is 96.1 Å². The minimum Gasteiger partial charge on any atom is -0.214 e. The fourth-order valence-corrected chi connectivity index (χ4v) is 4.64. The first kappa shape index (κ1) is 26.5. The first-order chi connectivity index (χ1) is 17.9. The molecule has 0 aromatic heterocycles. The average molecular weight is 552 g/mol. The minimum atomic E-state index is 0. The van der Waals surface area contributed by atoms with Gasteiger partial charge in [-0.15, -0.1) is 11.1 Å². The summed E-state index contributed by atoms with van der Waals surface area (Å²) in [6, 6.07) is 56.2. The second-order valence-electron chi connectivity index (χ2n) is 8.72. The Labute approximate surface area is 240 Å². The van der Waals surface area contributed by atoms with Gasteiger partial charge in [0.25, 0.3) is 0 Å². The van der Waals surface area contributed by atoms with Crippen molar-refractivity contribution in [3.05, 3.63) is 180 Å². The van der Waals surface area contributed by atoms with E-state index in [1.807, 2.05) is 72.8 Å². The Balaban J connectivity index is 0.000000125. The molecule has 2 aliphatic carbocycles. The van der Waals surface area contributed by atoms with Gasteiger partial charge in [0, 0.05) is 0 Å². The monoisotopic (exact) mass is 550 g/mol. The maximum Gasteiger partial charge on any atom is 4.00 e. The van der Waals surface area contributed by atoms with Crippen molar-refractivity contribution in [2.45, 2.75) is 12.8 Å². The molecule has 0 N–H and O–H groups in total. The van der Waals surface area contributed by atoms with Gasteiger partial charge in [0.15, 0.2) is 0 Å². The van der Waals surface area contributed by atoms with Crippen LogP contribution in [-0.2, 0) is 39.0 Å². The van der Waals surface area contributed by atoms with Crippen molar-refractivity contribution in [2.24, 2.45) is 0 Å². The van der Waals surface area contributed by atoms with E-state index in [4.69, 9.17) is 0 Å². The number of benzene rings is 4. The Morgan fingerprint density at radius 2 is 0.811 bits per heavy atom. The standard InChI is InChI=1S/2C13H9.2C5H5.Zr/c2*1-3-7-12-10(5-1)9-11-6-2-4-8-13(11)12;2*1-2-4-5-3-1;/h2*1-5,7-8H,9H2;2*1-5H;/q4*-1;+4. The van der Waals surface area contributed by atoms with Gasteiger partial charge in [0.05, 0.1) is 0 Å². The molecule has 6 aromatic carbocycles. The summed E-state index contributed by atoms with van der Waals surface area (Å²) in [7, 11) is 0.